The lowest BCUT2D eigenvalue weighted by molar-refractivity contribution is -0.513. The number of nitrogens with one attached hydrogen (secondary N) is 1. The van der Waals surface area contributed by atoms with E-state index in [1.807, 2.05) is 18.3 Å². The molecule has 0 saturated heterocycles. The van der Waals surface area contributed by atoms with Crippen LogP contribution in [0.1, 0.15) is 68.5 Å². The van der Waals surface area contributed by atoms with Crippen LogP contribution in [0.2, 0.25) is 0 Å². The second kappa shape index (κ2) is 11.7. The first-order chi connectivity index (χ1) is 21.5. The Morgan fingerprint density at radius 1 is 1.27 bits per heavy atom. The Balaban J connectivity index is 1.33. The third kappa shape index (κ3) is 5.00. The van der Waals surface area contributed by atoms with Crippen LogP contribution in [0.15, 0.2) is 63.9 Å². The standard InChI is InChI=1S/C35H38FN3O5S/c1-20-25(11-14-43-20)31(41)44-35(32(42)45-15-13-37)12-10-27-26-9-4-22-16-28(39-24-7-5-23(36)6-8-24)21(19-38)17-33(22,2)30(26)29(40)18-34(27,35)3/h5-8,11,14,16,19,26-27,29-30,38-40H,4,9-10,12,15,17-18H2,1-3H3/p+1/t26-,27?,29-,30?,33-,34-,35-/m0/s1. The van der Waals surface area contributed by atoms with Crippen molar-refractivity contribution in [3.63, 3.8) is 0 Å². The molecule has 236 valence electrons. The maximum absolute atomic E-state index is 14.0. The van der Waals surface area contributed by atoms with Crippen LogP contribution in [0.25, 0.3) is 0 Å². The summed E-state index contributed by atoms with van der Waals surface area (Å²) in [6.45, 7) is 5.84. The molecule has 6 rings (SSSR count). The molecule has 1 heterocycles. The molecule has 4 aliphatic carbocycles. The van der Waals surface area contributed by atoms with Crippen LogP contribution in [0.3, 0.4) is 0 Å². The summed E-state index contributed by atoms with van der Waals surface area (Å²) in [6.07, 6.45) is 7.65. The van der Waals surface area contributed by atoms with Gasteiger partial charge in [-0.2, -0.15) is 5.26 Å². The fourth-order valence-electron chi connectivity index (χ4n) is 9.28. The first-order valence-corrected chi connectivity index (χ1v) is 16.5. The summed E-state index contributed by atoms with van der Waals surface area (Å²) in [4.78, 5) is 27.5. The van der Waals surface area contributed by atoms with E-state index in [4.69, 9.17) is 14.6 Å². The van der Waals surface area contributed by atoms with Crippen LogP contribution < -0.4 is 5.32 Å². The SMILES string of the molecule is Cc1occc1C(=O)O[C@]1(C(=O)SCC#N)CCC2[C@@H]3CCC4=CC([NH2+]c5ccc(F)cc5)=C(C=N)C[C@]4(C)C3[C@@H](O)C[C@@]21C. The summed E-state index contributed by atoms with van der Waals surface area (Å²) in [5.74, 6) is -0.618. The van der Waals surface area contributed by atoms with Gasteiger partial charge in [0.15, 0.2) is 5.60 Å². The number of ether oxygens (including phenoxy) is 1. The van der Waals surface area contributed by atoms with E-state index >= 15 is 0 Å². The first kappa shape index (κ1) is 31.5. The van der Waals surface area contributed by atoms with Crippen molar-refractivity contribution >= 4 is 34.7 Å². The zero-order valence-corrected chi connectivity index (χ0v) is 26.6. The zero-order valence-electron chi connectivity index (χ0n) is 25.8. The molecular formula is C35H39FN3O5S+. The molecule has 0 radical (unpaired) electrons. The zero-order chi connectivity index (χ0) is 32.1. The Labute approximate surface area is 266 Å². The van der Waals surface area contributed by atoms with Crippen molar-refractivity contribution in [1.29, 1.82) is 10.7 Å². The quantitative estimate of drug-likeness (QED) is 0.201. The van der Waals surface area contributed by atoms with Gasteiger partial charge in [-0.3, -0.25) is 10.1 Å². The van der Waals surface area contributed by atoms with Crippen LogP contribution in [0, 0.1) is 58.1 Å². The number of nitrogens with two attached hydrogens (primary N) is 1. The van der Waals surface area contributed by atoms with Gasteiger partial charge in [0.25, 0.3) is 0 Å². The lowest BCUT2D eigenvalue weighted by Crippen LogP contribution is -2.76. The number of rotatable bonds is 7. The molecule has 3 fully saturated rings. The number of fused-ring (bicyclic) bond motifs is 5. The Hall–Kier alpha value is -3.52. The van der Waals surface area contributed by atoms with Gasteiger partial charge in [-0.25, -0.2) is 9.18 Å². The predicted molar refractivity (Wildman–Crippen MR) is 167 cm³/mol. The molecule has 2 unspecified atom stereocenters. The van der Waals surface area contributed by atoms with Gasteiger partial charge in [-0.15, -0.1) is 0 Å². The maximum Gasteiger partial charge on any atom is 0.342 e. The van der Waals surface area contributed by atoms with Crippen molar-refractivity contribution < 1.29 is 33.6 Å². The van der Waals surface area contributed by atoms with Crippen molar-refractivity contribution in [2.75, 3.05) is 5.75 Å². The van der Waals surface area contributed by atoms with E-state index in [2.05, 4.69) is 13.0 Å². The number of carbonyl (C=O) groups is 2. The van der Waals surface area contributed by atoms with Crippen molar-refractivity contribution in [2.24, 2.45) is 28.6 Å². The number of aliphatic hydroxyl groups is 1. The predicted octanol–water partition coefficient (Wildman–Crippen LogP) is 5.75. The number of aryl methyl sites for hydroxylation is 1. The summed E-state index contributed by atoms with van der Waals surface area (Å²) < 4.78 is 25.1. The molecule has 0 amide bonds. The topological polar surface area (TPSA) is 141 Å². The molecule has 0 bridgehead atoms. The average molecular weight is 633 g/mol. The van der Waals surface area contributed by atoms with Gasteiger partial charge in [0.1, 0.15) is 28.5 Å². The van der Waals surface area contributed by atoms with Crippen molar-refractivity contribution in [3.05, 3.63) is 76.7 Å². The van der Waals surface area contributed by atoms with Crippen molar-refractivity contribution in [1.82, 2.24) is 0 Å². The maximum atomic E-state index is 14.0. The second-order valence-electron chi connectivity index (χ2n) is 13.5. The number of nitriles is 1. The molecule has 4 N–H and O–H groups in total. The minimum atomic E-state index is -1.49. The summed E-state index contributed by atoms with van der Waals surface area (Å²) in [5, 5.41) is 31.3. The summed E-state index contributed by atoms with van der Waals surface area (Å²) in [6, 6.07) is 9.86. The fourth-order valence-corrected chi connectivity index (χ4v) is 10.1. The van der Waals surface area contributed by atoms with E-state index in [1.54, 1.807) is 19.1 Å². The van der Waals surface area contributed by atoms with Gasteiger partial charge in [-0.1, -0.05) is 31.2 Å². The van der Waals surface area contributed by atoms with Crippen LogP contribution in [-0.4, -0.2) is 39.9 Å². The van der Waals surface area contributed by atoms with E-state index < -0.39 is 28.5 Å². The van der Waals surface area contributed by atoms with Gasteiger partial charge in [-0.05, 0) is 92.9 Å². The van der Waals surface area contributed by atoms with E-state index in [9.17, 15) is 24.3 Å². The number of allylic oxidation sites excluding steroid dienone is 3. The minimum absolute atomic E-state index is 0.00810. The Morgan fingerprint density at radius 2 is 2.02 bits per heavy atom. The number of carbonyl (C=O) groups excluding carboxylic acids is 2. The highest BCUT2D eigenvalue weighted by Crippen LogP contribution is 2.69. The van der Waals surface area contributed by atoms with Crippen molar-refractivity contribution in [2.45, 2.75) is 71.0 Å². The Bertz CT molecular complexity index is 1640. The number of halogens is 1. The van der Waals surface area contributed by atoms with Gasteiger partial charge in [0.2, 0.25) is 5.12 Å². The third-order valence-electron chi connectivity index (χ3n) is 11.4. The van der Waals surface area contributed by atoms with E-state index in [1.165, 1.54) is 36.2 Å². The average Bonchev–Trinajstić information content (AvgIpc) is 3.57. The van der Waals surface area contributed by atoms with E-state index in [-0.39, 0.29) is 46.4 Å². The highest BCUT2D eigenvalue weighted by molar-refractivity contribution is 8.14. The second-order valence-corrected chi connectivity index (χ2v) is 14.4. The molecule has 4 aliphatic rings. The normalized spacial score (nSPS) is 33.7. The minimum Gasteiger partial charge on any atom is -0.469 e. The molecule has 8 nitrogen and oxygen atoms in total. The molecule has 1 aromatic carbocycles. The van der Waals surface area contributed by atoms with E-state index in [0.29, 0.717) is 25.0 Å². The third-order valence-corrected chi connectivity index (χ3v) is 12.2. The number of esters is 1. The number of benzene rings is 1. The van der Waals surface area contributed by atoms with Crippen LogP contribution in [-0.2, 0) is 9.53 Å². The lowest BCUT2D eigenvalue weighted by atomic mass is 9.45. The molecule has 0 aliphatic heterocycles. The molecule has 2 aromatic rings. The van der Waals surface area contributed by atoms with Crippen LogP contribution in [0.5, 0.6) is 0 Å². The molecule has 0 spiro atoms. The van der Waals surface area contributed by atoms with Crippen LogP contribution in [0.4, 0.5) is 10.1 Å². The highest BCUT2D eigenvalue weighted by atomic mass is 32.2. The van der Waals surface area contributed by atoms with Gasteiger partial charge < -0.3 is 19.7 Å². The highest BCUT2D eigenvalue weighted by Gasteiger charge is 2.70. The smallest absolute Gasteiger partial charge is 0.342 e. The molecule has 7 atom stereocenters. The largest absolute Gasteiger partial charge is 0.469 e. The monoisotopic (exact) mass is 632 g/mol. The van der Waals surface area contributed by atoms with Gasteiger partial charge >= 0.3 is 5.97 Å². The Morgan fingerprint density at radius 3 is 2.69 bits per heavy atom. The number of furan rings is 1. The number of hydrogen-bond acceptors (Lipinski definition) is 8. The van der Waals surface area contributed by atoms with Gasteiger partial charge in [0, 0.05) is 29.3 Å². The molecule has 10 heteroatoms. The van der Waals surface area contributed by atoms with Crippen LogP contribution >= 0.6 is 11.8 Å². The number of aliphatic hydroxyl groups excluding tert-OH is 1. The number of nitrogens with zero attached hydrogens (tertiary/aromatic N) is 1. The molecule has 45 heavy (non-hydrogen) atoms. The molecule has 3 saturated carbocycles. The Kier molecular flexibility index (Phi) is 8.17. The lowest BCUT2D eigenvalue weighted by Gasteiger charge is -2.60. The summed E-state index contributed by atoms with van der Waals surface area (Å²) in [5.41, 5.74) is 1.41. The van der Waals surface area contributed by atoms with Crippen molar-refractivity contribution in [3.8, 4) is 6.07 Å². The number of thioether (sulfide) groups is 1. The molecule has 1 aromatic heterocycles. The fraction of sp³-hybridized carbons (Fsp3) is 0.486. The first-order valence-electron chi connectivity index (χ1n) is 15.5. The summed E-state index contributed by atoms with van der Waals surface area (Å²) in [7, 11) is 0. The summed E-state index contributed by atoms with van der Waals surface area (Å²) >= 11 is 0.876. The number of hydrogen-bond donors (Lipinski definition) is 3. The van der Waals surface area contributed by atoms with Gasteiger partial charge in [0.05, 0.1) is 24.2 Å². The molecular weight excluding hydrogens is 593 g/mol. The van der Waals surface area contributed by atoms with E-state index in [0.717, 1.165) is 41.6 Å². The number of quaternary nitrogens is 1.